The Morgan fingerprint density at radius 2 is 1.74 bits per heavy atom. The van der Waals surface area contributed by atoms with Crippen LogP contribution in [-0.2, 0) is 10.0 Å². The van der Waals surface area contributed by atoms with Crippen molar-refractivity contribution >= 4 is 38.0 Å². The number of nitrogens with one attached hydrogen (secondary N) is 1. The van der Waals surface area contributed by atoms with Gasteiger partial charge < -0.3 is 0 Å². The maximum Gasteiger partial charge on any atom is 0.271 e. The molecule has 2 aromatic heterocycles. The predicted octanol–water partition coefficient (Wildman–Crippen LogP) is 3.56. The van der Waals surface area contributed by atoms with Gasteiger partial charge in [-0.15, -0.1) is 11.3 Å². The number of anilines is 1. The normalized spacial score (nSPS) is 11.6. The van der Waals surface area contributed by atoms with Crippen molar-refractivity contribution < 1.29 is 8.42 Å². The molecule has 0 saturated heterocycles. The molecule has 0 radical (unpaired) electrons. The first-order chi connectivity index (χ1) is 13.0. The average Bonchev–Trinajstić information content (AvgIpc) is 3.19. The summed E-state index contributed by atoms with van der Waals surface area (Å²) >= 11 is 1.15. The summed E-state index contributed by atoms with van der Waals surface area (Å²) in [6.07, 6.45) is 0. The van der Waals surface area contributed by atoms with E-state index in [4.69, 9.17) is 0 Å². The van der Waals surface area contributed by atoms with Crippen molar-refractivity contribution in [2.45, 2.75) is 11.1 Å². The Hall–Kier alpha value is -2.97. The van der Waals surface area contributed by atoms with Gasteiger partial charge >= 0.3 is 0 Å². The van der Waals surface area contributed by atoms with Crippen molar-refractivity contribution in [3.8, 4) is 5.69 Å². The fraction of sp³-hybridized carbons (Fsp3) is 0.0526. The largest absolute Gasteiger partial charge is 0.279 e. The highest BCUT2D eigenvalue weighted by molar-refractivity contribution is 7.94. The monoisotopic (exact) mass is 397 g/mol. The lowest BCUT2D eigenvalue weighted by Gasteiger charge is -2.12. The minimum Gasteiger partial charge on any atom is -0.279 e. The summed E-state index contributed by atoms with van der Waals surface area (Å²) < 4.78 is 28.9. The molecular weight excluding hydrogens is 382 g/mol. The number of benzene rings is 2. The van der Waals surface area contributed by atoms with Gasteiger partial charge in [0.05, 0.1) is 16.6 Å². The van der Waals surface area contributed by atoms with Gasteiger partial charge in [-0.3, -0.25) is 14.1 Å². The summed E-state index contributed by atoms with van der Waals surface area (Å²) in [5, 5.41) is 2.24. The minimum absolute atomic E-state index is 0.162. The Morgan fingerprint density at radius 1 is 1.00 bits per heavy atom. The van der Waals surface area contributed by atoms with E-state index in [1.54, 1.807) is 66.9 Å². The molecule has 2 aromatic carbocycles. The van der Waals surface area contributed by atoms with Crippen molar-refractivity contribution in [3.63, 3.8) is 0 Å². The molecule has 6 nitrogen and oxygen atoms in total. The molecule has 1 N–H and O–H groups in total. The van der Waals surface area contributed by atoms with Crippen molar-refractivity contribution in [2.75, 3.05) is 4.72 Å². The van der Waals surface area contributed by atoms with Crippen molar-refractivity contribution in [2.24, 2.45) is 0 Å². The van der Waals surface area contributed by atoms with Crippen molar-refractivity contribution in [3.05, 3.63) is 82.2 Å². The maximum absolute atomic E-state index is 12.8. The summed E-state index contributed by atoms with van der Waals surface area (Å²) in [5.41, 5.74) is 1.53. The molecule has 136 valence electrons. The molecule has 0 fully saturated rings. The Bertz CT molecular complexity index is 1280. The molecule has 2 heterocycles. The number of aryl methyl sites for hydroxylation is 1. The van der Waals surface area contributed by atoms with E-state index in [0.29, 0.717) is 28.1 Å². The van der Waals surface area contributed by atoms with Crippen LogP contribution in [0.4, 0.5) is 5.69 Å². The van der Waals surface area contributed by atoms with E-state index in [0.717, 1.165) is 11.3 Å². The number of para-hydroxylation sites is 1. The third-order valence-electron chi connectivity index (χ3n) is 4.08. The van der Waals surface area contributed by atoms with Crippen LogP contribution in [0.1, 0.15) is 5.82 Å². The summed E-state index contributed by atoms with van der Waals surface area (Å²) in [6, 6.07) is 17.0. The molecule has 0 atom stereocenters. The van der Waals surface area contributed by atoms with Crippen LogP contribution >= 0.6 is 11.3 Å². The molecule has 27 heavy (non-hydrogen) atoms. The quantitative estimate of drug-likeness (QED) is 0.571. The number of hydrogen-bond donors (Lipinski definition) is 1. The van der Waals surface area contributed by atoms with Crippen LogP contribution in [0.15, 0.2) is 75.0 Å². The second-order valence-electron chi connectivity index (χ2n) is 5.90. The minimum atomic E-state index is -3.60. The topological polar surface area (TPSA) is 81.1 Å². The highest BCUT2D eigenvalue weighted by atomic mass is 32.2. The number of rotatable bonds is 4. The van der Waals surface area contributed by atoms with Crippen LogP contribution in [0.3, 0.4) is 0 Å². The van der Waals surface area contributed by atoms with Gasteiger partial charge in [0.1, 0.15) is 10.0 Å². The highest BCUT2D eigenvalue weighted by Gasteiger charge is 2.15. The summed E-state index contributed by atoms with van der Waals surface area (Å²) in [6.45, 7) is 1.77. The molecule has 8 heteroatoms. The smallest absolute Gasteiger partial charge is 0.271 e. The van der Waals surface area contributed by atoms with Crippen LogP contribution in [0.2, 0.25) is 0 Å². The third-order valence-corrected chi connectivity index (χ3v) is 6.86. The number of hydrogen-bond acceptors (Lipinski definition) is 5. The van der Waals surface area contributed by atoms with E-state index in [2.05, 4.69) is 9.71 Å². The van der Waals surface area contributed by atoms with Crippen LogP contribution in [0, 0.1) is 6.92 Å². The fourth-order valence-corrected chi connectivity index (χ4v) is 4.90. The first-order valence-electron chi connectivity index (χ1n) is 8.11. The molecule has 0 bridgehead atoms. The lowest BCUT2D eigenvalue weighted by Crippen LogP contribution is -2.22. The van der Waals surface area contributed by atoms with Crippen LogP contribution in [0.25, 0.3) is 16.6 Å². The molecular formula is C19H15N3O3S2. The third kappa shape index (κ3) is 3.24. The molecule has 0 spiro atoms. The fourth-order valence-electron chi connectivity index (χ4n) is 2.85. The number of nitrogens with zero attached hydrogens (tertiary/aromatic N) is 2. The standard InChI is InChI=1S/C19H15N3O3S2/c1-13-20-17-6-3-2-5-16(17)19(23)22(13)15-10-8-14(9-11-15)21-27(24,25)18-7-4-12-26-18/h2-12,21H,1H3. The highest BCUT2D eigenvalue weighted by Crippen LogP contribution is 2.21. The van der Waals surface area contributed by atoms with E-state index in [-0.39, 0.29) is 9.77 Å². The molecule has 4 aromatic rings. The Labute approximate surface area is 159 Å². The predicted molar refractivity (Wildman–Crippen MR) is 107 cm³/mol. The van der Waals surface area contributed by atoms with Gasteiger partial charge in [0.25, 0.3) is 15.6 Å². The van der Waals surface area contributed by atoms with Crippen LogP contribution in [0.5, 0.6) is 0 Å². The zero-order valence-electron chi connectivity index (χ0n) is 14.3. The van der Waals surface area contributed by atoms with E-state index in [9.17, 15) is 13.2 Å². The second-order valence-corrected chi connectivity index (χ2v) is 8.76. The Morgan fingerprint density at radius 3 is 2.44 bits per heavy atom. The molecule has 0 aliphatic heterocycles. The zero-order valence-corrected chi connectivity index (χ0v) is 15.9. The van der Waals surface area contributed by atoms with Crippen LogP contribution < -0.4 is 10.3 Å². The van der Waals surface area contributed by atoms with E-state index in [1.807, 2.05) is 6.07 Å². The average molecular weight is 397 g/mol. The molecule has 0 saturated carbocycles. The molecule has 0 amide bonds. The Balaban J connectivity index is 1.71. The van der Waals surface area contributed by atoms with E-state index < -0.39 is 10.0 Å². The maximum atomic E-state index is 12.8. The summed E-state index contributed by atoms with van der Waals surface area (Å²) in [7, 11) is -3.60. The van der Waals surface area contributed by atoms with Crippen molar-refractivity contribution in [1.82, 2.24) is 9.55 Å². The Kier molecular flexibility index (Phi) is 4.29. The van der Waals surface area contributed by atoms with Gasteiger partial charge in [-0.1, -0.05) is 18.2 Å². The second kappa shape index (κ2) is 6.64. The number of sulfonamides is 1. The molecule has 4 rings (SSSR count). The van der Waals surface area contributed by atoms with Gasteiger partial charge in [-0.2, -0.15) is 0 Å². The van der Waals surface area contributed by atoms with Gasteiger partial charge in [-0.05, 0) is 54.8 Å². The molecule has 0 aliphatic rings. The van der Waals surface area contributed by atoms with E-state index >= 15 is 0 Å². The van der Waals surface area contributed by atoms with Crippen LogP contribution in [-0.4, -0.2) is 18.0 Å². The number of aromatic nitrogens is 2. The molecule has 0 unspecified atom stereocenters. The van der Waals surface area contributed by atoms with Crippen molar-refractivity contribution in [1.29, 1.82) is 0 Å². The summed E-state index contributed by atoms with van der Waals surface area (Å²) in [4.78, 5) is 17.3. The lowest BCUT2D eigenvalue weighted by atomic mass is 10.2. The van der Waals surface area contributed by atoms with Gasteiger partial charge in [0.15, 0.2) is 0 Å². The number of fused-ring (bicyclic) bond motifs is 1. The lowest BCUT2D eigenvalue weighted by molar-refractivity contribution is 0.603. The molecule has 0 aliphatic carbocycles. The van der Waals surface area contributed by atoms with Gasteiger partial charge in [0, 0.05) is 5.69 Å². The number of thiophene rings is 1. The zero-order chi connectivity index (χ0) is 19.0. The van der Waals surface area contributed by atoms with Gasteiger partial charge in [-0.25, -0.2) is 13.4 Å². The van der Waals surface area contributed by atoms with E-state index in [1.165, 1.54) is 4.57 Å². The SMILES string of the molecule is Cc1nc2ccccc2c(=O)n1-c1ccc(NS(=O)(=O)c2cccs2)cc1. The van der Waals surface area contributed by atoms with Gasteiger partial charge in [0.2, 0.25) is 0 Å². The first kappa shape index (κ1) is 17.4. The first-order valence-corrected chi connectivity index (χ1v) is 10.5. The summed E-state index contributed by atoms with van der Waals surface area (Å²) in [5.74, 6) is 0.561.